The van der Waals surface area contributed by atoms with Crippen LogP contribution in [0.2, 0.25) is 0 Å². The van der Waals surface area contributed by atoms with E-state index in [0.717, 1.165) is 69.6 Å². The zero-order valence-corrected chi connectivity index (χ0v) is 52.4. The molecule has 0 rings (SSSR count). The van der Waals surface area contributed by atoms with E-state index >= 15 is 0 Å². The van der Waals surface area contributed by atoms with Crippen molar-refractivity contribution in [3.8, 4) is 0 Å². The second-order valence-electron chi connectivity index (χ2n) is 24.9. The quantitative estimate of drug-likeness (QED) is 0.0343. The summed E-state index contributed by atoms with van der Waals surface area (Å²) in [5, 5.41) is 0. The van der Waals surface area contributed by atoms with Crippen molar-refractivity contribution in [3.63, 3.8) is 0 Å². The van der Waals surface area contributed by atoms with Crippen LogP contribution in [0.15, 0.2) is 0 Å². The van der Waals surface area contributed by atoms with Gasteiger partial charge in [0.25, 0.3) is 0 Å². The maximum Gasteiger partial charge on any atom is 0.306 e. The van der Waals surface area contributed by atoms with Crippen LogP contribution in [0.4, 0.5) is 0 Å². The van der Waals surface area contributed by atoms with E-state index < -0.39 is 6.10 Å². The molecule has 6 heteroatoms. The highest BCUT2D eigenvalue weighted by Crippen LogP contribution is 2.20. The fourth-order valence-corrected chi connectivity index (χ4v) is 11.0. The molecule has 0 spiro atoms. The molecule has 452 valence electrons. The van der Waals surface area contributed by atoms with Crippen molar-refractivity contribution in [1.29, 1.82) is 0 Å². The Morgan fingerprint density at radius 3 is 0.750 bits per heavy atom. The summed E-state index contributed by atoms with van der Waals surface area (Å²) < 4.78 is 17.0. The number of esters is 3. The lowest BCUT2D eigenvalue weighted by Gasteiger charge is -2.18. The minimum Gasteiger partial charge on any atom is -0.462 e. The van der Waals surface area contributed by atoms with Gasteiger partial charge in [0.15, 0.2) is 6.10 Å². The highest BCUT2D eigenvalue weighted by atomic mass is 16.6. The Kier molecular flexibility index (Phi) is 61.3. The maximum absolute atomic E-state index is 13.0. The third kappa shape index (κ3) is 61.6. The molecule has 0 aromatic carbocycles. The molecule has 0 N–H and O–H groups in total. The van der Waals surface area contributed by atoms with Crippen molar-refractivity contribution in [2.24, 2.45) is 11.8 Å². The number of rotatable bonds is 64. The molecule has 0 bridgehead atoms. The highest BCUT2D eigenvalue weighted by Gasteiger charge is 2.20. The molecule has 0 radical (unpaired) electrons. The van der Waals surface area contributed by atoms with Gasteiger partial charge < -0.3 is 14.2 Å². The predicted molar refractivity (Wildman–Crippen MR) is 330 cm³/mol. The van der Waals surface area contributed by atoms with Gasteiger partial charge >= 0.3 is 17.9 Å². The molecule has 6 nitrogen and oxygen atoms in total. The molecule has 0 fully saturated rings. The topological polar surface area (TPSA) is 78.9 Å². The van der Waals surface area contributed by atoms with Crippen molar-refractivity contribution in [2.45, 2.75) is 407 Å². The van der Waals surface area contributed by atoms with E-state index in [1.54, 1.807) is 0 Å². The van der Waals surface area contributed by atoms with Crippen molar-refractivity contribution in [2.75, 3.05) is 13.2 Å². The lowest BCUT2D eigenvalue weighted by molar-refractivity contribution is -0.167. The fraction of sp³-hybridized carbons (Fsp3) is 0.957. The Bertz CT molecular complexity index is 1170. The summed E-state index contributed by atoms with van der Waals surface area (Å²) in [5.74, 6) is 0.929. The minimum atomic E-state index is -0.765. The zero-order chi connectivity index (χ0) is 55.3. The first-order valence-corrected chi connectivity index (χ1v) is 34.8. The van der Waals surface area contributed by atoms with Gasteiger partial charge in [0.2, 0.25) is 0 Å². The van der Waals surface area contributed by atoms with E-state index in [-0.39, 0.29) is 31.1 Å². The summed E-state index contributed by atoms with van der Waals surface area (Å²) in [6, 6.07) is 0. The van der Waals surface area contributed by atoms with Crippen molar-refractivity contribution >= 4 is 17.9 Å². The third-order valence-corrected chi connectivity index (χ3v) is 16.6. The van der Waals surface area contributed by atoms with Crippen LogP contribution >= 0.6 is 0 Å². The molecule has 0 aromatic heterocycles. The zero-order valence-electron chi connectivity index (χ0n) is 52.4. The van der Waals surface area contributed by atoms with Crippen LogP contribution in [0, 0.1) is 11.8 Å². The highest BCUT2D eigenvalue weighted by molar-refractivity contribution is 5.71. The molecule has 0 saturated carbocycles. The fourth-order valence-electron chi connectivity index (χ4n) is 11.0. The van der Waals surface area contributed by atoms with Crippen molar-refractivity contribution < 1.29 is 28.6 Å². The van der Waals surface area contributed by atoms with Gasteiger partial charge in [-0.05, 0) is 31.1 Å². The van der Waals surface area contributed by atoms with Crippen LogP contribution < -0.4 is 0 Å². The molecule has 0 aliphatic heterocycles. The molecule has 2 atom stereocenters. The van der Waals surface area contributed by atoms with Gasteiger partial charge in [0.05, 0.1) is 0 Å². The number of hydrogen-bond acceptors (Lipinski definition) is 6. The van der Waals surface area contributed by atoms with Gasteiger partial charge in [-0.2, -0.15) is 0 Å². The summed E-state index contributed by atoms with van der Waals surface area (Å²) in [6.45, 7) is 11.5. The summed E-state index contributed by atoms with van der Waals surface area (Å²) in [6.07, 6.45) is 71.1. The van der Waals surface area contributed by atoms with E-state index in [2.05, 4.69) is 34.6 Å². The Morgan fingerprint density at radius 2 is 0.500 bits per heavy atom. The average molecular weight is 1070 g/mol. The van der Waals surface area contributed by atoms with Crippen LogP contribution in [0.1, 0.15) is 401 Å². The van der Waals surface area contributed by atoms with Gasteiger partial charge in [-0.25, -0.2) is 0 Å². The van der Waals surface area contributed by atoms with E-state index in [1.807, 2.05) is 0 Å². The Labute approximate surface area is 476 Å². The van der Waals surface area contributed by atoms with Crippen LogP contribution in [0.25, 0.3) is 0 Å². The molecule has 0 aromatic rings. The monoisotopic (exact) mass is 1070 g/mol. The average Bonchev–Trinajstić information content (AvgIpc) is 3.41. The molecule has 0 aliphatic carbocycles. The molecular formula is C70H136O6. The van der Waals surface area contributed by atoms with E-state index in [9.17, 15) is 14.4 Å². The number of carbonyl (C=O) groups is 3. The normalized spacial score (nSPS) is 12.4. The lowest BCUT2D eigenvalue weighted by Crippen LogP contribution is -2.30. The lowest BCUT2D eigenvalue weighted by atomic mass is 9.99. The molecule has 0 heterocycles. The SMILES string of the molecule is CCCCCCCCCCCCCCCCCCCCCC(=O)OC[C@H](COC(=O)CCCCCCCCCCCCCCCCC(C)CC)OC(=O)CCCCCCCCCCCCCCCCCCCCC(C)C. The second-order valence-corrected chi connectivity index (χ2v) is 24.9. The molecule has 0 aliphatic rings. The molecule has 1 unspecified atom stereocenters. The largest absolute Gasteiger partial charge is 0.462 e. The van der Waals surface area contributed by atoms with Gasteiger partial charge in [-0.15, -0.1) is 0 Å². The third-order valence-electron chi connectivity index (χ3n) is 16.6. The van der Waals surface area contributed by atoms with Gasteiger partial charge in [-0.1, -0.05) is 362 Å². The van der Waals surface area contributed by atoms with Gasteiger partial charge in [-0.3, -0.25) is 14.4 Å². The molecular weight excluding hydrogens is 937 g/mol. The van der Waals surface area contributed by atoms with Crippen LogP contribution in [0.5, 0.6) is 0 Å². The Balaban J connectivity index is 4.28. The first-order valence-electron chi connectivity index (χ1n) is 34.8. The molecule has 0 saturated heterocycles. The number of carbonyl (C=O) groups excluding carboxylic acids is 3. The standard InChI is InChI=1S/C70H136O6/c1-6-8-9-10-11-12-13-14-15-16-17-21-24-30-35-40-45-50-55-60-68(71)74-63-67(64-75-69(72)61-56-51-46-41-36-31-27-26-29-34-39-44-49-54-59-66(5)7-2)76-70(73)62-57-52-47-42-37-32-25-22-19-18-20-23-28-33-38-43-48-53-58-65(3)4/h65-67H,6-64H2,1-5H3/t66?,67-/m1/s1. The number of hydrogen-bond donors (Lipinski definition) is 0. The minimum absolute atomic E-state index is 0.0612. The second kappa shape index (κ2) is 62.6. The van der Waals surface area contributed by atoms with E-state index in [4.69, 9.17) is 14.2 Å². The van der Waals surface area contributed by atoms with Crippen LogP contribution in [-0.4, -0.2) is 37.2 Å². The Hall–Kier alpha value is -1.59. The number of ether oxygens (including phenoxy) is 3. The van der Waals surface area contributed by atoms with E-state index in [1.165, 1.54) is 289 Å². The van der Waals surface area contributed by atoms with Crippen molar-refractivity contribution in [1.82, 2.24) is 0 Å². The van der Waals surface area contributed by atoms with Crippen molar-refractivity contribution in [3.05, 3.63) is 0 Å². The van der Waals surface area contributed by atoms with E-state index in [0.29, 0.717) is 19.3 Å². The molecule has 0 amide bonds. The Morgan fingerprint density at radius 1 is 0.276 bits per heavy atom. The maximum atomic E-state index is 13.0. The van der Waals surface area contributed by atoms with Crippen LogP contribution in [0.3, 0.4) is 0 Å². The van der Waals surface area contributed by atoms with Crippen LogP contribution in [-0.2, 0) is 28.6 Å². The predicted octanol–water partition coefficient (Wildman–Crippen LogP) is 23.6. The first-order chi connectivity index (χ1) is 37.3. The smallest absolute Gasteiger partial charge is 0.306 e. The van der Waals surface area contributed by atoms with Gasteiger partial charge in [0.1, 0.15) is 13.2 Å². The summed E-state index contributed by atoms with van der Waals surface area (Å²) in [4.78, 5) is 38.4. The number of unbranched alkanes of at least 4 members (excludes halogenated alkanes) is 48. The first kappa shape index (κ1) is 74.4. The summed E-state index contributed by atoms with van der Waals surface area (Å²) in [5.41, 5.74) is 0. The summed E-state index contributed by atoms with van der Waals surface area (Å²) in [7, 11) is 0. The molecule has 76 heavy (non-hydrogen) atoms. The van der Waals surface area contributed by atoms with Gasteiger partial charge in [0, 0.05) is 19.3 Å². The summed E-state index contributed by atoms with van der Waals surface area (Å²) >= 11 is 0.